The fourth-order valence-electron chi connectivity index (χ4n) is 2.66. The molecule has 0 radical (unpaired) electrons. The number of ether oxygens (including phenoxy) is 1. The Kier molecular flexibility index (Phi) is 12.9. The van der Waals surface area contributed by atoms with E-state index in [1.54, 1.807) is 0 Å². The molecular formula is C20H33IO. The molecule has 0 aromatic heterocycles. The maximum atomic E-state index is 5.75. The fraction of sp³-hybridized carbons (Fsp3) is 0.700. The summed E-state index contributed by atoms with van der Waals surface area (Å²) in [6.07, 6.45) is 16.7. The van der Waals surface area contributed by atoms with E-state index in [0.29, 0.717) is 0 Å². The molecule has 0 saturated heterocycles. The van der Waals surface area contributed by atoms with E-state index >= 15 is 0 Å². The van der Waals surface area contributed by atoms with Crippen LogP contribution in [0.4, 0.5) is 0 Å². The van der Waals surface area contributed by atoms with Gasteiger partial charge in [0.25, 0.3) is 0 Å². The standard InChI is InChI=1S/C20H33IO/c1-2-3-4-5-6-7-8-9-10-11-12-13-18-22-20-16-14-19(21)15-17-20/h14-17H,2-13,18H2,1H3. The van der Waals surface area contributed by atoms with Crippen LogP contribution in [0.15, 0.2) is 24.3 Å². The lowest BCUT2D eigenvalue weighted by Gasteiger charge is -2.06. The van der Waals surface area contributed by atoms with Crippen LogP contribution in [0.3, 0.4) is 0 Å². The summed E-state index contributed by atoms with van der Waals surface area (Å²) >= 11 is 2.32. The maximum absolute atomic E-state index is 5.75. The van der Waals surface area contributed by atoms with Crippen molar-refractivity contribution in [1.82, 2.24) is 0 Å². The predicted octanol–water partition coefficient (Wildman–Crippen LogP) is 7.37. The van der Waals surface area contributed by atoms with Crippen LogP contribution < -0.4 is 4.74 Å². The summed E-state index contributed by atoms with van der Waals surface area (Å²) < 4.78 is 7.01. The fourth-order valence-corrected chi connectivity index (χ4v) is 3.02. The summed E-state index contributed by atoms with van der Waals surface area (Å²) in [5, 5.41) is 0. The number of hydrogen-bond donors (Lipinski definition) is 0. The van der Waals surface area contributed by atoms with Crippen molar-refractivity contribution in [3.63, 3.8) is 0 Å². The van der Waals surface area contributed by atoms with E-state index < -0.39 is 0 Å². The minimum Gasteiger partial charge on any atom is -0.494 e. The zero-order valence-electron chi connectivity index (χ0n) is 14.3. The molecule has 0 aliphatic rings. The Morgan fingerprint density at radius 1 is 0.682 bits per heavy atom. The van der Waals surface area contributed by atoms with E-state index in [0.717, 1.165) is 12.4 Å². The molecule has 0 aliphatic heterocycles. The molecular weight excluding hydrogens is 383 g/mol. The van der Waals surface area contributed by atoms with E-state index in [2.05, 4.69) is 53.8 Å². The maximum Gasteiger partial charge on any atom is 0.119 e. The largest absolute Gasteiger partial charge is 0.494 e. The first-order valence-corrected chi connectivity index (χ1v) is 10.3. The van der Waals surface area contributed by atoms with Crippen molar-refractivity contribution in [2.24, 2.45) is 0 Å². The first-order chi connectivity index (χ1) is 10.8. The van der Waals surface area contributed by atoms with Crippen molar-refractivity contribution in [1.29, 1.82) is 0 Å². The smallest absolute Gasteiger partial charge is 0.119 e. The third kappa shape index (κ3) is 11.3. The molecule has 126 valence electrons. The molecule has 1 nitrogen and oxygen atoms in total. The van der Waals surface area contributed by atoms with Gasteiger partial charge in [-0.15, -0.1) is 0 Å². The van der Waals surface area contributed by atoms with Gasteiger partial charge in [0.1, 0.15) is 5.75 Å². The molecule has 0 spiro atoms. The molecule has 0 atom stereocenters. The topological polar surface area (TPSA) is 9.23 Å². The zero-order chi connectivity index (χ0) is 15.9. The second-order valence-corrected chi connectivity index (χ2v) is 7.44. The average molecular weight is 416 g/mol. The Hall–Kier alpha value is -0.250. The van der Waals surface area contributed by atoms with Crippen LogP contribution in [0.25, 0.3) is 0 Å². The van der Waals surface area contributed by atoms with Crippen LogP contribution in [-0.2, 0) is 0 Å². The highest BCUT2D eigenvalue weighted by Gasteiger charge is 1.95. The second kappa shape index (κ2) is 14.3. The summed E-state index contributed by atoms with van der Waals surface area (Å²) in [5.74, 6) is 1.00. The van der Waals surface area contributed by atoms with Gasteiger partial charge in [0.05, 0.1) is 6.61 Å². The van der Waals surface area contributed by atoms with Crippen molar-refractivity contribution in [3.8, 4) is 5.75 Å². The Morgan fingerprint density at radius 3 is 1.64 bits per heavy atom. The monoisotopic (exact) mass is 416 g/mol. The summed E-state index contributed by atoms with van der Waals surface area (Å²) in [6, 6.07) is 8.31. The minimum absolute atomic E-state index is 0.859. The van der Waals surface area contributed by atoms with Crippen molar-refractivity contribution in [2.75, 3.05) is 6.61 Å². The van der Waals surface area contributed by atoms with Gasteiger partial charge in [-0.1, -0.05) is 77.6 Å². The van der Waals surface area contributed by atoms with Crippen molar-refractivity contribution in [2.45, 2.75) is 84.0 Å². The molecule has 0 heterocycles. The van der Waals surface area contributed by atoms with Gasteiger partial charge in [-0.25, -0.2) is 0 Å². The molecule has 0 fully saturated rings. The lowest BCUT2D eigenvalue weighted by molar-refractivity contribution is 0.304. The molecule has 0 saturated carbocycles. The molecule has 0 bridgehead atoms. The summed E-state index contributed by atoms with van der Waals surface area (Å²) in [4.78, 5) is 0. The molecule has 0 amide bonds. The Labute approximate surface area is 151 Å². The van der Waals surface area contributed by atoms with Crippen LogP contribution in [0, 0.1) is 3.57 Å². The molecule has 1 rings (SSSR count). The molecule has 0 aliphatic carbocycles. The van der Waals surface area contributed by atoms with E-state index in [4.69, 9.17) is 4.74 Å². The van der Waals surface area contributed by atoms with E-state index in [1.807, 2.05) is 0 Å². The highest BCUT2D eigenvalue weighted by molar-refractivity contribution is 14.1. The van der Waals surface area contributed by atoms with Gasteiger partial charge in [-0.3, -0.25) is 0 Å². The van der Waals surface area contributed by atoms with E-state index in [1.165, 1.54) is 80.6 Å². The number of hydrogen-bond acceptors (Lipinski definition) is 1. The number of benzene rings is 1. The molecule has 1 aromatic rings. The molecule has 0 unspecified atom stereocenters. The lowest BCUT2D eigenvalue weighted by Crippen LogP contribution is -1.97. The summed E-state index contributed by atoms with van der Waals surface area (Å²) in [6.45, 7) is 3.14. The van der Waals surface area contributed by atoms with E-state index in [-0.39, 0.29) is 0 Å². The first kappa shape index (κ1) is 19.8. The van der Waals surface area contributed by atoms with Gasteiger partial charge in [-0.05, 0) is 53.3 Å². The van der Waals surface area contributed by atoms with Crippen LogP contribution in [-0.4, -0.2) is 6.61 Å². The van der Waals surface area contributed by atoms with Crippen LogP contribution in [0.2, 0.25) is 0 Å². The minimum atomic E-state index is 0.859. The van der Waals surface area contributed by atoms with Crippen LogP contribution >= 0.6 is 22.6 Å². The quantitative estimate of drug-likeness (QED) is 0.227. The Bertz CT molecular complexity index is 347. The van der Waals surface area contributed by atoms with Crippen molar-refractivity contribution in [3.05, 3.63) is 27.8 Å². The van der Waals surface area contributed by atoms with Crippen LogP contribution in [0.5, 0.6) is 5.75 Å². The SMILES string of the molecule is CCCCCCCCCCCCCCOc1ccc(I)cc1. The number of rotatable bonds is 14. The molecule has 22 heavy (non-hydrogen) atoms. The normalized spacial score (nSPS) is 10.8. The Balaban J connectivity index is 1.79. The van der Waals surface area contributed by atoms with Crippen LogP contribution in [0.1, 0.15) is 84.0 Å². The summed E-state index contributed by atoms with van der Waals surface area (Å²) in [7, 11) is 0. The summed E-state index contributed by atoms with van der Waals surface area (Å²) in [5.41, 5.74) is 0. The molecule has 1 aromatic carbocycles. The van der Waals surface area contributed by atoms with E-state index in [9.17, 15) is 0 Å². The van der Waals surface area contributed by atoms with Gasteiger partial charge in [0.2, 0.25) is 0 Å². The average Bonchev–Trinajstić information content (AvgIpc) is 2.53. The van der Waals surface area contributed by atoms with Gasteiger partial charge in [0.15, 0.2) is 0 Å². The lowest BCUT2D eigenvalue weighted by atomic mass is 10.1. The third-order valence-electron chi connectivity index (χ3n) is 4.08. The van der Waals surface area contributed by atoms with Crippen molar-refractivity contribution < 1.29 is 4.74 Å². The third-order valence-corrected chi connectivity index (χ3v) is 4.80. The van der Waals surface area contributed by atoms with Gasteiger partial charge >= 0.3 is 0 Å². The number of unbranched alkanes of at least 4 members (excludes halogenated alkanes) is 11. The molecule has 0 N–H and O–H groups in total. The Morgan fingerprint density at radius 2 is 1.14 bits per heavy atom. The predicted molar refractivity (Wildman–Crippen MR) is 106 cm³/mol. The van der Waals surface area contributed by atoms with Gasteiger partial charge in [-0.2, -0.15) is 0 Å². The first-order valence-electron chi connectivity index (χ1n) is 9.21. The van der Waals surface area contributed by atoms with Gasteiger partial charge in [0, 0.05) is 3.57 Å². The van der Waals surface area contributed by atoms with Gasteiger partial charge < -0.3 is 4.74 Å². The highest BCUT2D eigenvalue weighted by Crippen LogP contribution is 2.15. The highest BCUT2D eigenvalue weighted by atomic mass is 127. The number of halogens is 1. The van der Waals surface area contributed by atoms with Crippen molar-refractivity contribution >= 4 is 22.6 Å². The molecule has 2 heteroatoms. The second-order valence-electron chi connectivity index (χ2n) is 6.19. The zero-order valence-corrected chi connectivity index (χ0v) is 16.4.